The summed E-state index contributed by atoms with van der Waals surface area (Å²) in [5, 5.41) is 17.5. The van der Waals surface area contributed by atoms with Crippen LogP contribution in [0.25, 0.3) is 0 Å². The second-order valence-corrected chi connectivity index (χ2v) is 7.77. The maximum Gasteiger partial charge on any atom is 0.338 e. The van der Waals surface area contributed by atoms with Crippen molar-refractivity contribution in [2.45, 2.75) is 25.4 Å². The molecule has 2 aromatic carbocycles. The first-order chi connectivity index (χ1) is 16.0. The second kappa shape index (κ2) is 9.97. The van der Waals surface area contributed by atoms with Gasteiger partial charge in [0.1, 0.15) is 6.17 Å². The molecule has 0 bridgehead atoms. The van der Waals surface area contributed by atoms with Crippen LogP contribution in [0.15, 0.2) is 66.4 Å². The molecule has 2 aliphatic heterocycles. The van der Waals surface area contributed by atoms with Gasteiger partial charge in [-0.25, -0.2) is 9.69 Å². The van der Waals surface area contributed by atoms with Gasteiger partial charge in [-0.2, -0.15) is 0 Å². The van der Waals surface area contributed by atoms with E-state index in [4.69, 9.17) is 14.2 Å². The molecule has 0 radical (unpaired) electrons. The molecule has 174 valence electrons. The Morgan fingerprint density at radius 2 is 1.94 bits per heavy atom. The van der Waals surface area contributed by atoms with Gasteiger partial charge in [0.2, 0.25) is 0 Å². The predicted molar refractivity (Wildman–Crippen MR) is 125 cm³/mol. The number of nitrogens with one attached hydrogen (secondary N) is 2. The number of carbonyl (C=O) groups is 1. The number of likely N-dealkylation sites (tertiary alicyclic amines) is 1. The molecule has 3 N–H and O–H groups in total. The molecule has 0 amide bonds. The third-order valence-corrected chi connectivity index (χ3v) is 5.90. The Labute approximate surface area is 193 Å². The molecule has 1 fully saturated rings. The molecule has 2 aromatic rings. The Balaban J connectivity index is 1.52. The Hall–Kier alpha value is -3.49. The lowest BCUT2D eigenvalue weighted by atomic mass is 9.91. The summed E-state index contributed by atoms with van der Waals surface area (Å²) in [5.74, 6) is 1.05. The molecule has 3 atom stereocenters. The van der Waals surface area contributed by atoms with Gasteiger partial charge in [0, 0.05) is 18.2 Å². The monoisotopic (exact) mass is 451 g/mol. The predicted octanol–water partition coefficient (Wildman–Crippen LogP) is 3.04. The van der Waals surface area contributed by atoms with E-state index in [9.17, 15) is 9.90 Å². The van der Waals surface area contributed by atoms with Crippen LogP contribution in [-0.2, 0) is 4.74 Å². The number of carbonyl (C=O) groups excluding carboxylic acids is 1. The van der Waals surface area contributed by atoms with Crippen molar-refractivity contribution in [1.82, 2.24) is 10.2 Å². The van der Waals surface area contributed by atoms with Crippen LogP contribution < -0.4 is 20.1 Å². The van der Waals surface area contributed by atoms with Crippen LogP contribution in [-0.4, -0.2) is 55.9 Å². The Morgan fingerprint density at radius 3 is 2.64 bits per heavy atom. The van der Waals surface area contributed by atoms with Gasteiger partial charge in [-0.1, -0.05) is 12.1 Å². The fourth-order valence-electron chi connectivity index (χ4n) is 4.27. The fraction of sp³-hybridized carbons (Fsp3) is 0.320. The first kappa shape index (κ1) is 22.7. The third kappa shape index (κ3) is 4.67. The lowest BCUT2D eigenvalue weighted by molar-refractivity contribution is 0.0154. The van der Waals surface area contributed by atoms with Crippen LogP contribution in [0.4, 0.5) is 5.69 Å². The number of rotatable bonds is 8. The van der Waals surface area contributed by atoms with Gasteiger partial charge in [0.15, 0.2) is 17.9 Å². The Morgan fingerprint density at radius 1 is 1.18 bits per heavy atom. The number of hydrogen-bond acceptors (Lipinski definition) is 8. The van der Waals surface area contributed by atoms with E-state index in [1.165, 1.54) is 0 Å². The largest absolute Gasteiger partial charge is 0.493 e. The van der Waals surface area contributed by atoms with E-state index < -0.39 is 6.35 Å². The van der Waals surface area contributed by atoms with Crippen LogP contribution in [0, 0.1) is 0 Å². The van der Waals surface area contributed by atoms with E-state index in [0.717, 1.165) is 11.1 Å². The van der Waals surface area contributed by atoms with E-state index in [2.05, 4.69) is 16.7 Å². The average Bonchev–Trinajstić information content (AvgIpc) is 3.24. The highest BCUT2D eigenvalue weighted by molar-refractivity contribution is 5.89. The molecular formula is C25H29N3O5. The van der Waals surface area contributed by atoms with Gasteiger partial charge in [0.05, 0.1) is 26.4 Å². The molecular weight excluding hydrogens is 422 g/mol. The molecule has 4 rings (SSSR count). The normalized spacial score (nSPS) is 20.3. The van der Waals surface area contributed by atoms with Crippen LogP contribution in [0.2, 0.25) is 0 Å². The minimum atomic E-state index is -0.948. The summed E-state index contributed by atoms with van der Waals surface area (Å²) in [6.07, 6.45) is 4.82. The van der Waals surface area contributed by atoms with Crippen molar-refractivity contribution in [2.24, 2.45) is 0 Å². The van der Waals surface area contributed by atoms with Crippen LogP contribution in [0.1, 0.15) is 28.8 Å². The van der Waals surface area contributed by atoms with Crippen molar-refractivity contribution >= 4 is 11.7 Å². The zero-order valence-electron chi connectivity index (χ0n) is 18.9. The first-order valence-corrected chi connectivity index (χ1v) is 10.9. The maximum absolute atomic E-state index is 11.9. The summed E-state index contributed by atoms with van der Waals surface area (Å²) < 4.78 is 15.9. The van der Waals surface area contributed by atoms with Crippen molar-refractivity contribution in [2.75, 3.05) is 32.7 Å². The van der Waals surface area contributed by atoms with E-state index in [-0.39, 0.29) is 18.1 Å². The fourth-order valence-corrected chi connectivity index (χ4v) is 4.27. The minimum Gasteiger partial charge on any atom is -0.493 e. The summed E-state index contributed by atoms with van der Waals surface area (Å²) in [4.78, 5) is 13.8. The third-order valence-electron chi connectivity index (χ3n) is 5.90. The second-order valence-electron chi connectivity index (χ2n) is 7.77. The highest BCUT2D eigenvalue weighted by atomic mass is 16.5. The molecule has 2 heterocycles. The number of aliphatic hydroxyl groups excluding tert-OH is 1. The lowest BCUT2D eigenvalue weighted by Gasteiger charge is -2.31. The number of methoxy groups -OCH3 is 2. The number of aliphatic hydroxyl groups is 1. The molecule has 3 unspecified atom stereocenters. The number of nitrogens with zero attached hydrogens (tertiary/aromatic N) is 1. The zero-order chi connectivity index (χ0) is 23.4. The number of anilines is 1. The van der Waals surface area contributed by atoms with Gasteiger partial charge in [-0.15, -0.1) is 0 Å². The van der Waals surface area contributed by atoms with Gasteiger partial charge in [0.25, 0.3) is 0 Å². The molecule has 0 aliphatic carbocycles. The van der Waals surface area contributed by atoms with Crippen molar-refractivity contribution in [3.05, 3.63) is 77.5 Å². The van der Waals surface area contributed by atoms with E-state index >= 15 is 0 Å². The highest BCUT2D eigenvalue weighted by Gasteiger charge is 2.41. The summed E-state index contributed by atoms with van der Waals surface area (Å²) in [5.41, 5.74) is 3.40. The molecule has 0 aromatic heterocycles. The summed E-state index contributed by atoms with van der Waals surface area (Å²) >= 11 is 0. The smallest absolute Gasteiger partial charge is 0.338 e. The van der Waals surface area contributed by atoms with Crippen LogP contribution >= 0.6 is 0 Å². The SMILES string of the molecule is CCOC(=O)c1ccc(NC(O)N2CC(c3ccc(OC)c(OC)c3)C3=CC=CNC32)cc1. The number of esters is 1. The topological polar surface area (TPSA) is 92.3 Å². The molecule has 0 saturated carbocycles. The van der Waals surface area contributed by atoms with Gasteiger partial charge >= 0.3 is 5.97 Å². The van der Waals surface area contributed by atoms with Crippen LogP contribution in [0.5, 0.6) is 11.5 Å². The van der Waals surface area contributed by atoms with Crippen LogP contribution in [0.3, 0.4) is 0 Å². The average molecular weight is 452 g/mol. The lowest BCUT2D eigenvalue weighted by Crippen LogP contribution is -2.49. The van der Waals surface area contributed by atoms with Crippen molar-refractivity contribution in [3.63, 3.8) is 0 Å². The van der Waals surface area contributed by atoms with E-state index in [0.29, 0.717) is 35.9 Å². The van der Waals surface area contributed by atoms with E-state index in [1.807, 2.05) is 35.4 Å². The quantitative estimate of drug-likeness (QED) is 0.417. The van der Waals surface area contributed by atoms with Gasteiger partial charge < -0.3 is 30.0 Å². The standard InChI is InChI=1S/C25H29N3O5/c1-4-33-24(29)16-7-10-18(11-8-16)27-25(30)28-15-20(19-6-5-13-26-23(19)28)17-9-12-21(31-2)22(14-17)32-3/h5-14,20,23,25-27,30H,4,15H2,1-3H3. The number of hydrogen-bond donors (Lipinski definition) is 3. The summed E-state index contributed by atoms with van der Waals surface area (Å²) in [6.45, 7) is 2.69. The minimum absolute atomic E-state index is 0.0647. The molecule has 8 heteroatoms. The van der Waals surface area contributed by atoms with E-state index in [1.54, 1.807) is 45.4 Å². The number of fused-ring (bicyclic) bond motifs is 1. The molecule has 1 saturated heterocycles. The number of ether oxygens (including phenoxy) is 3. The summed E-state index contributed by atoms with van der Waals surface area (Å²) in [6, 6.07) is 12.8. The van der Waals surface area contributed by atoms with Crippen molar-refractivity contribution in [3.8, 4) is 11.5 Å². The summed E-state index contributed by atoms with van der Waals surface area (Å²) in [7, 11) is 3.24. The van der Waals surface area contributed by atoms with Crippen molar-refractivity contribution < 1.29 is 24.1 Å². The number of benzene rings is 2. The van der Waals surface area contributed by atoms with Crippen molar-refractivity contribution in [1.29, 1.82) is 0 Å². The molecule has 8 nitrogen and oxygen atoms in total. The first-order valence-electron chi connectivity index (χ1n) is 10.9. The van der Waals surface area contributed by atoms with Gasteiger partial charge in [-0.05, 0) is 66.7 Å². The maximum atomic E-state index is 11.9. The Kier molecular flexibility index (Phi) is 6.86. The van der Waals surface area contributed by atoms with Gasteiger partial charge in [-0.3, -0.25) is 0 Å². The number of dihydropyridines is 1. The Bertz CT molecular complexity index is 1050. The molecule has 2 aliphatic rings. The molecule has 33 heavy (non-hydrogen) atoms. The molecule has 0 spiro atoms. The number of allylic oxidation sites excluding steroid dienone is 2. The highest BCUT2D eigenvalue weighted by Crippen LogP contribution is 2.40. The zero-order valence-corrected chi connectivity index (χ0v) is 18.9.